The van der Waals surface area contributed by atoms with Crippen LogP contribution in [0.25, 0.3) is 28.0 Å². The summed E-state index contributed by atoms with van der Waals surface area (Å²) in [6, 6.07) is 15.7. The van der Waals surface area contributed by atoms with Gasteiger partial charge in [0.1, 0.15) is 5.82 Å². The molecule has 6 rings (SSSR count). The van der Waals surface area contributed by atoms with Crippen LogP contribution >= 0.6 is 11.6 Å². The summed E-state index contributed by atoms with van der Waals surface area (Å²) in [6.07, 6.45) is 1.94. The Bertz CT molecular complexity index is 1420. The van der Waals surface area contributed by atoms with Gasteiger partial charge in [0.15, 0.2) is 17.1 Å². The highest BCUT2D eigenvalue weighted by Crippen LogP contribution is 2.40. The van der Waals surface area contributed by atoms with E-state index in [2.05, 4.69) is 4.90 Å². The maximum absolute atomic E-state index is 10.0. The lowest BCUT2D eigenvalue weighted by Gasteiger charge is -2.25. The fourth-order valence-corrected chi connectivity index (χ4v) is 5.21. The predicted octanol–water partition coefficient (Wildman–Crippen LogP) is 4.94. The Morgan fingerprint density at radius 1 is 1.11 bits per heavy atom. The average Bonchev–Trinajstić information content (AvgIpc) is 3.64. The van der Waals surface area contributed by atoms with Crippen molar-refractivity contribution in [2.45, 2.75) is 32.4 Å². The number of aliphatic hydroxyl groups is 1. The maximum Gasteiger partial charge on any atom is 0.231 e. The van der Waals surface area contributed by atoms with Crippen LogP contribution in [-0.2, 0) is 11.3 Å². The number of aromatic nitrogens is 3. The lowest BCUT2D eigenvalue weighted by molar-refractivity contribution is 0.131. The van der Waals surface area contributed by atoms with Crippen LogP contribution in [0.1, 0.15) is 25.5 Å². The van der Waals surface area contributed by atoms with Crippen LogP contribution in [0.4, 0.5) is 5.82 Å². The van der Waals surface area contributed by atoms with E-state index in [-0.39, 0.29) is 19.4 Å². The molecule has 4 heterocycles. The van der Waals surface area contributed by atoms with Gasteiger partial charge in [0.05, 0.1) is 36.2 Å². The number of halogens is 1. The zero-order valence-electron chi connectivity index (χ0n) is 20.0. The zero-order chi connectivity index (χ0) is 24.6. The third-order valence-electron chi connectivity index (χ3n) is 6.75. The summed E-state index contributed by atoms with van der Waals surface area (Å²) >= 11 is 6.38. The molecule has 36 heavy (non-hydrogen) atoms. The molecule has 0 bridgehead atoms. The zero-order valence-corrected chi connectivity index (χ0v) is 20.7. The molecule has 1 atom stereocenters. The Morgan fingerprint density at radius 2 is 2.00 bits per heavy atom. The molecule has 2 aromatic carbocycles. The van der Waals surface area contributed by atoms with Crippen molar-refractivity contribution in [2.75, 3.05) is 31.5 Å². The first kappa shape index (κ1) is 23.1. The van der Waals surface area contributed by atoms with Gasteiger partial charge in [0.2, 0.25) is 6.79 Å². The fourth-order valence-electron chi connectivity index (χ4n) is 5.02. The van der Waals surface area contributed by atoms with Gasteiger partial charge < -0.3 is 24.2 Å². The van der Waals surface area contributed by atoms with Crippen LogP contribution in [0.15, 0.2) is 48.5 Å². The summed E-state index contributed by atoms with van der Waals surface area (Å²) in [7, 11) is 0. The number of fused-ring (bicyclic) bond motifs is 2. The third kappa shape index (κ3) is 4.05. The van der Waals surface area contributed by atoms with E-state index in [1.54, 1.807) is 0 Å². The van der Waals surface area contributed by atoms with Crippen LogP contribution in [0, 0.1) is 0 Å². The molecule has 8 nitrogen and oxygen atoms in total. The topological polar surface area (TPSA) is 81.4 Å². The van der Waals surface area contributed by atoms with E-state index in [1.165, 1.54) is 0 Å². The molecule has 0 saturated carbocycles. The van der Waals surface area contributed by atoms with Crippen molar-refractivity contribution >= 4 is 23.1 Å². The molecule has 1 fully saturated rings. The average molecular weight is 507 g/mol. The smallest absolute Gasteiger partial charge is 0.231 e. The van der Waals surface area contributed by atoms with Gasteiger partial charge in [-0.15, -0.1) is 0 Å². The Kier molecular flexibility index (Phi) is 6.17. The Hall–Kier alpha value is -3.33. The Morgan fingerprint density at radius 3 is 2.83 bits per heavy atom. The lowest BCUT2D eigenvalue weighted by Crippen LogP contribution is -2.32. The Labute approximate surface area is 214 Å². The number of ether oxygens (including phenoxy) is 3. The van der Waals surface area contributed by atoms with E-state index in [0.717, 1.165) is 59.0 Å². The van der Waals surface area contributed by atoms with E-state index in [9.17, 15) is 5.11 Å². The normalized spacial score (nSPS) is 16.9. The van der Waals surface area contributed by atoms with Crippen molar-refractivity contribution in [3.8, 4) is 33.9 Å². The van der Waals surface area contributed by atoms with Gasteiger partial charge in [-0.1, -0.05) is 29.8 Å². The molecule has 2 aliphatic rings. The van der Waals surface area contributed by atoms with Crippen LogP contribution < -0.4 is 14.4 Å². The molecule has 0 amide bonds. The molecule has 0 radical (unpaired) electrons. The molecule has 0 aliphatic carbocycles. The van der Waals surface area contributed by atoms with Gasteiger partial charge in [-0.25, -0.2) is 9.50 Å². The quantitative estimate of drug-likeness (QED) is 0.380. The number of anilines is 1. The highest BCUT2D eigenvalue weighted by atomic mass is 35.5. The monoisotopic (exact) mass is 506 g/mol. The molecule has 0 spiro atoms. The molecule has 1 N–H and O–H groups in total. The molecule has 186 valence electrons. The first-order valence-electron chi connectivity index (χ1n) is 12.2. The van der Waals surface area contributed by atoms with Crippen LogP contribution in [0.3, 0.4) is 0 Å². The van der Waals surface area contributed by atoms with Crippen LogP contribution in [0.2, 0.25) is 5.02 Å². The largest absolute Gasteiger partial charge is 0.454 e. The van der Waals surface area contributed by atoms with Gasteiger partial charge in [-0.3, -0.25) is 0 Å². The Balaban J connectivity index is 1.62. The van der Waals surface area contributed by atoms with E-state index in [4.69, 9.17) is 35.9 Å². The molecule has 9 heteroatoms. The summed E-state index contributed by atoms with van der Waals surface area (Å²) in [5.74, 6) is 2.22. The second-order valence-electron chi connectivity index (χ2n) is 8.94. The van der Waals surface area contributed by atoms with Gasteiger partial charge in [0.25, 0.3) is 0 Å². The van der Waals surface area contributed by atoms with Crippen LogP contribution in [0.5, 0.6) is 11.5 Å². The maximum atomic E-state index is 10.0. The molecule has 4 aromatic rings. The molecular formula is C27H27ClN4O4. The lowest BCUT2D eigenvalue weighted by atomic mass is 10.0. The van der Waals surface area contributed by atoms with Crippen LogP contribution in [-0.4, -0.2) is 52.3 Å². The SMILES string of the molecule is CCOCc1nn2c(-c3cccc(Cl)c3)cc(N3CCCC3CO)nc2c1-c1ccc2c(c1)OCO2. The minimum absolute atomic E-state index is 0.0342. The number of hydrogen-bond acceptors (Lipinski definition) is 7. The minimum atomic E-state index is 0.0342. The number of benzene rings is 2. The molecule has 2 aliphatic heterocycles. The summed E-state index contributed by atoms with van der Waals surface area (Å²) < 4.78 is 18.9. The van der Waals surface area contributed by atoms with Crippen molar-refractivity contribution < 1.29 is 19.3 Å². The summed E-state index contributed by atoms with van der Waals surface area (Å²) in [5, 5.41) is 15.6. The van der Waals surface area contributed by atoms with E-state index in [1.807, 2.05) is 60.0 Å². The van der Waals surface area contributed by atoms with E-state index < -0.39 is 0 Å². The summed E-state index contributed by atoms with van der Waals surface area (Å²) in [5.41, 5.74) is 5.09. The third-order valence-corrected chi connectivity index (χ3v) is 6.99. The first-order chi connectivity index (χ1) is 17.7. The fraction of sp³-hybridized carbons (Fsp3) is 0.333. The molecule has 1 saturated heterocycles. The molecule has 2 aromatic heterocycles. The summed E-state index contributed by atoms with van der Waals surface area (Å²) in [4.78, 5) is 7.30. The standard InChI is InChI=1S/C27H27ClN4O4/c1-2-34-15-21-26(18-8-9-23-24(12-18)36-16-35-23)27-29-25(31-10-4-7-20(31)14-33)13-22(32(27)30-21)17-5-3-6-19(28)11-17/h3,5-6,8-9,11-13,20,33H,2,4,7,10,14-16H2,1H3. The number of nitrogens with zero attached hydrogens (tertiary/aromatic N) is 4. The number of hydrogen-bond donors (Lipinski definition) is 1. The van der Waals surface area contributed by atoms with Crippen molar-refractivity contribution in [3.05, 3.63) is 59.2 Å². The van der Waals surface area contributed by atoms with Gasteiger partial charge in [-0.2, -0.15) is 5.10 Å². The summed E-state index contributed by atoms with van der Waals surface area (Å²) in [6.45, 7) is 4.01. The highest BCUT2D eigenvalue weighted by Gasteiger charge is 2.28. The molecule has 1 unspecified atom stereocenters. The second kappa shape index (κ2) is 9.61. The number of aliphatic hydroxyl groups excluding tert-OH is 1. The van der Waals surface area contributed by atoms with E-state index in [0.29, 0.717) is 29.6 Å². The van der Waals surface area contributed by atoms with E-state index >= 15 is 0 Å². The molecular weight excluding hydrogens is 480 g/mol. The predicted molar refractivity (Wildman–Crippen MR) is 138 cm³/mol. The van der Waals surface area contributed by atoms with Crippen molar-refractivity contribution in [2.24, 2.45) is 0 Å². The van der Waals surface area contributed by atoms with Gasteiger partial charge in [0, 0.05) is 29.8 Å². The van der Waals surface area contributed by atoms with Crippen molar-refractivity contribution in [1.82, 2.24) is 14.6 Å². The minimum Gasteiger partial charge on any atom is -0.454 e. The highest BCUT2D eigenvalue weighted by molar-refractivity contribution is 6.30. The van der Waals surface area contributed by atoms with Gasteiger partial charge in [-0.05, 0) is 49.6 Å². The van der Waals surface area contributed by atoms with Gasteiger partial charge >= 0.3 is 0 Å². The van der Waals surface area contributed by atoms with Crippen molar-refractivity contribution in [1.29, 1.82) is 0 Å². The second-order valence-corrected chi connectivity index (χ2v) is 9.38. The van der Waals surface area contributed by atoms with Crippen molar-refractivity contribution in [3.63, 3.8) is 0 Å². The number of rotatable bonds is 7. The first-order valence-corrected chi connectivity index (χ1v) is 12.6.